The molecule has 4 heteroatoms. The van der Waals surface area contributed by atoms with Crippen molar-refractivity contribution in [1.29, 1.82) is 0 Å². The van der Waals surface area contributed by atoms with Crippen molar-refractivity contribution in [3.8, 4) is 0 Å². The van der Waals surface area contributed by atoms with Crippen molar-refractivity contribution in [2.24, 2.45) is 5.73 Å². The summed E-state index contributed by atoms with van der Waals surface area (Å²) in [7, 11) is 0. The van der Waals surface area contributed by atoms with Gasteiger partial charge in [0.25, 0.3) is 0 Å². The highest BCUT2D eigenvalue weighted by atomic mass is 79.9. The van der Waals surface area contributed by atoms with Crippen molar-refractivity contribution in [3.63, 3.8) is 0 Å². The van der Waals surface area contributed by atoms with Gasteiger partial charge in [-0.1, -0.05) is 57.0 Å². The third-order valence-electron chi connectivity index (χ3n) is 3.15. The van der Waals surface area contributed by atoms with Gasteiger partial charge in [-0.05, 0) is 42.3 Å². The second kappa shape index (κ2) is 7.64. The molecular weight excluding hydrogens is 398 g/mol. The molecule has 0 radical (unpaired) electrons. The minimum Gasteiger partial charge on any atom is -0.326 e. The van der Waals surface area contributed by atoms with E-state index < -0.39 is 0 Å². The summed E-state index contributed by atoms with van der Waals surface area (Å²) in [5.41, 5.74) is 7.60. The van der Waals surface area contributed by atoms with Crippen molar-refractivity contribution < 1.29 is 0 Å². The lowest BCUT2D eigenvalue weighted by Gasteiger charge is -2.24. The fourth-order valence-electron chi connectivity index (χ4n) is 1.96. The van der Waals surface area contributed by atoms with E-state index in [1.165, 1.54) is 10.5 Å². The molecule has 106 valence electrons. The fraction of sp³-hybridized carbons (Fsp3) is 0.250. The van der Waals surface area contributed by atoms with Gasteiger partial charge in [-0.3, -0.25) is 0 Å². The molecule has 0 fully saturated rings. The summed E-state index contributed by atoms with van der Waals surface area (Å²) in [6, 6.07) is 16.8. The quantitative estimate of drug-likeness (QED) is 0.627. The molecule has 2 N–H and O–H groups in total. The molecule has 0 aliphatic rings. The molecule has 2 aromatic carbocycles. The van der Waals surface area contributed by atoms with Crippen LogP contribution in [0.3, 0.4) is 0 Å². The smallest absolute Gasteiger partial charge is 0.0506 e. The second-order valence-electron chi connectivity index (χ2n) is 4.59. The zero-order chi connectivity index (χ0) is 14.5. The number of rotatable bonds is 5. The minimum atomic E-state index is 0.127. The Kier molecular flexibility index (Phi) is 6.15. The summed E-state index contributed by atoms with van der Waals surface area (Å²) < 4.78 is 2.22. The summed E-state index contributed by atoms with van der Waals surface area (Å²) in [6.07, 6.45) is 0.954. The van der Waals surface area contributed by atoms with Crippen LogP contribution >= 0.6 is 43.6 Å². The Labute approximate surface area is 141 Å². The van der Waals surface area contributed by atoms with E-state index in [2.05, 4.69) is 81.2 Å². The van der Waals surface area contributed by atoms with Crippen LogP contribution in [0.5, 0.6) is 0 Å². The zero-order valence-corrected chi connectivity index (χ0v) is 15.2. The Balaban J connectivity index is 2.29. The maximum absolute atomic E-state index is 6.34. The van der Waals surface area contributed by atoms with Crippen LogP contribution in [0.4, 0.5) is 0 Å². The first kappa shape index (κ1) is 16.1. The van der Waals surface area contributed by atoms with Crippen LogP contribution in [-0.2, 0) is 0 Å². The Bertz CT molecular complexity index is 557. The molecule has 2 aromatic rings. The lowest BCUT2D eigenvalue weighted by Crippen LogP contribution is -2.25. The molecule has 0 aliphatic carbocycles. The van der Waals surface area contributed by atoms with E-state index in [-0.39, 0.29) is 11.3 Å². The van der Waals surface area contributed by atoms with Crippen molar-refractivity contribution >= 4 is 43.6 Å². The molecule has 0 aromatic heterocycles. The van der Waals surface area contributed by atoms with Gasteiger partial charge in [0.15, 0.2) is 0 Å². The van der Waals surface area contributed by atoms with Gasteiger partial charge in [0, 0.05) is 19.9 Å². The third kappa shape index (κ3) is 4.10. The molecule has 0 spiro atoms. The Morgan fingerprint density at radius 2 is 1.70 bits per heavy atom. The minimum absolute atomic E-state index is 0.127. The van der Waals surface area contributed by atoms with E-state index in [0.29, 0.717) is 0 Å². The lowest BCUT2D eigenvalue weighted by atomic mass is 10.0. The van der Waals surface area contributed by atoms with E-state index in [4.69, 9.17) is 5.73 Å². The molecule has 0 heterocycles. The van der Waals surface area contributed by atoms with Gasteiger partial charge in [-0.15, -0.1) is 11.8 Å². The summed E-state index contributed by atoms with van der Waals surface area (Å²) in [4.78, 5) is 1.23. The van der Waals surface area contributed by atoms with E-state index in [9.17, 15) is 0 Å². The highest BCUT2D eigenvalue weighted by Crippen LogP contribution is 2.41. The van der Waals surface area contributed by atoms with Gasteiger partial charge in [-0.2, -0.15) is 0 Å². The fourth-order valence-corrected chi connectivity index (χ4v) is 4.19. The first-order chi connectivity index (χ1) is 9.61. The van der Waals surface area contributed by atoms with Gasteiger partial charge in [-0.25, -0.2) is 0 Å². The summed E-state index contributed by atoms with van der Waals surface area (Å²) in [6.45, 7) is 2.14. The van der Waals surface area contributed by atoms with Crippen molar-refractivity contribution in [1.82, 2.24) is 0 Å². The molecular formula is C16H17Br2NS. The Hall–Kier alpha value is -0.290. The normalized spacial score (nSPS) is 14.0. The molecule has 1 nitrogen and oxygen atoms in total. The molecule has 0 bridgehead atoms. The van der Waals surface area contributed by atoms with Crippen molar-refractivity contribution in [2.45, 2.75) is 29.5 Å². The van der Waals surface area contributed by atoms with Gasteiger partial charge in [0.2, 0.25) is 0 Å². The van der Waals surface area contributed by atoms with Crippen LogP contribution in [0.2, 0.25) is 0 Å². The first-order valence-corrected chi connectivity index (χ1v) is 9.00. The molecule has 2 rings (SSSR count). The summed E-state index contributed by atoms with van der Waals surface area (Å²) in [5.74, 6) is 0. The molecule has 0 aliphatic heterocycles. The lowest BCUT2D eigenvalue weighted by molar-refractivity contribution is 0.633. The van der Waals surface area contributed by atoms with Crippen LogP contribution in [0.15, 0.2) is 62.4 Å². The van der Waals surface area contributed by atoms with Gasteiger partial charge < -0.3 is 5.73 Å². The van der Waals surface area contributed by atoms with E-state index in [1.54, 1.807) is 0 Å². The Morgan fingerprint density at radius 3 is 2.30 bits per heavy atom. The molecule has 2 unspecified atom stereocenters. The number of nitrogens with two attached hydrogens (primary N) is 1. The van der Waals surface area contributed by atoms with Crippen LogP contribution in [0.25, 0.3) is 0 Å². The predicted octanol–water partition coefficient (Wildman–Crippen LogP) is 5.78. The number of benzene rings is 2. The molecule has 0 amide bonds. The SMILES string of the molecule is CCC(N)C(Sc1ccc(Br)cc1)c1ccccc1Br. The van der Waals surface area contributed by atoms with Crippen molar-refractivity contribution in [3.05, 3.63) is 63.0 Å². The third-order valence-corrected chi connectivity index (χ3v) is 5.80. The highest BCUT2D eigenvalue weighted by molar-refractivity contribution is 9.10. The summed E-state index contributed by atoms with van der Waals surface area (Å²) >= 11 is 8.93. The number of thioether (sulfide) groups is 1. The van der Waals surface area contributed by atoms with Gasteiger partial charge in [0.05, 0.1) is 5.25 Å². The maximum Gasteiger partial charge on any atom is 0.0506 e. The standard InChI is InChI=1S/C16H17Br2NS/c1-2-15(19)16(13-5-3-4-6-14(13)18)20-12-9-7-11(17)8-10-12/h3-10,15-16H,2,19H2,1H3. The monoisotopic (exact) mass is 413 g/mol. The van der Waals surface area contributed by atoms with E-state index in [1.807, 2.05) is 17.8 Å². The predicted molar refractivity (Wildman–Crippen MR) is 95.1 cm³/mol. The van der Waals surface area contributed by atoms with Crippen LogP contribution in [0.1, 0.15) is 24.2 Å². The maximum atomic E-state index is 6.34. The second-order valence-corrected chi connectivity index (χ2v) is 7.57. The molecule has 2 atom stereocenters. The van der Waals surface area contributed by atoms with E-state index in [0.717, 1.165) is 15.4 Å². The number of halogens is 2. The zero-order valence-electron chi connectivity index (χ0n) is 11.2. The first-order valence-electron chi connectivity index (χ1n) is 6.54. The Morgan fingerprint density at radius 1 is 1.05 bits per heavy atom. The van der Waals surface area contributed by atoms with Gasteiger partial charge >= 0.3 is 0 Å². The average molecular weight is 415 g/mol. The molecule has 0 saturated heterocycles. The average Bonchev–Trinajstić information content (AvgIpc) is 2.47. The number of hydrogen-bond donors (Lipinski definition) is 1. The van der Waals surface area contributed by atoms with Crippen LogP contribution in [0, 0.1) is 0 Å². The largest absolute Gasteiger partial charge is 0.326 e. The number of hydrogen-bond acceptors (Lipinski definition) is 2. The van der Waals surface area contributed by atoms with Crippen LogP contribution in [-0.4, -0.2) is 6.04 Å². The van der Waals surface area contributed by atoms with Crippen molar-refractivity contribution in [2.75, 3.05) is 0 Å². The molecule has 20 heavy (non-hydrogen) atoms. The molecule has 0 saturated carbocycles. The van der Waals surface area contributed by atoms with E-state index >= 15 is 0 Å². The van der Waals surface area contributed by atoms with Gasteiger partial charge in [0.1, 0.15) is 0 Å². The topological polar surface area (TPSA) is 26.0 Å². The van der Waals surface area contributed by atoms with Crippen LogP contribution < -0.4 is 5.73 Å². The summed E-state index contributed by atoms with van der Waals surface area (Å²) in [5, 5.41) is 0.247. The highest BCUT2D eigenvalue weighted by Gasteiger charge is 2.21.